The van der Waals surface area contributed by atoms with Gasteiger partial charge >= 0.3 is 0 Å². The number of rotatable bonds is 7. The van der Waals surface area contributed by atoms with Crippen LogP contribution in [0.15, 0.2) is 39.2 Å². The van der Waals surface area contributed by atoms with Crippen molar-refractivity contribution in [1.82, 2.24) is 20.3 Å². The molecule has 2 aliphatic heterocycles. The summed E-state index contributed by atoms with van der Waals surface area (Å²) in [6.45, 7) is 4.48. The zero-order chi connectivity index (χ0) is 24.2. The normalized spacial score (nSPS) is 15.1. The number of hydrogen-bond donors (Lipinski definition) is 1. The van der Waals surface area contributed by atoms with Crippen LogP contribution < -0.4 is 19.7 Å². The van der Waals surface area contributed by atoms with Crippen LogP contribution in [0.4, 0.5) is 10.9 Å². The van der Waals surface area contributed by atoms with Gasteiger partial charge in [0.05, 0.1) is 5.75 Å². The third kappa shape index (κ3) is 5.74. The smallest absolute Gasteiger partial charge is 0.246 e. The van der Waals surface area contributed by atoms with Crippen LogP contribution in [0.2, 0.25) is 0 Å². The lowest BCUT2D eigenvalue weighted by Gasteiger charge is -2.33. The van der Waals surface area contributed by atoms with Crippen molar-refractivity contribution >= 4 is 51.9 Å². The van der Waals surface area contributed by atoms with E-state index in [1.807, 2.05) is 23.1 Å². The van der Waals surface area contributed by atoms with Crippen molar-refractivity contribution in [1.29, 1.82) is 0 Å². The summed E-state index contributed by atoms with van der Waals surface area (Å²) in [5.41, 5.74) is 0.880. The van der Waals surface area contributed by atoms with Gasteiger partial charge in [0, 0.05) is 38.3 Å². The number of fused-ring (bicyclic) bond motifs is 1. The van der Waals surface area contributed by atoms with Crippen molar-refractivity contribution in [2.45, 2.75) is 11.3 Å². The van der Waals surface area contributed by atoms with Gasteiger partial charge in [-0.3, -0.25) is 9.59 Å². The van der Waals surface area contributed by atoms with Crippen LogP contribution in [-0.2, 0) is 9.59 Å². The first-order chi connectivity index (χ1) is 17.0. The number of aromatic nitrogens is 3. The molecule has 13 heteroatoms. The maximum atomic E-state index is 12.6. The summed E-state index contributed by atoms with van der Waals surface area (Å²) >= 11 is 2.75. The van der Waals surface area contributed by atoms with Crippen LogP contribution in [0.1, 0.15) is 11.3 Å². The van der Waals surface area contributed by atoms with Gasteiger partial charge in [0.15, 0.2) is 21.7 Å². The van der Waals surface area contributed by atoms with Crippen LogP contribution >= 0.6 is 23.1 Å². The molecule has 2 aromatic heterocycles. The third-order valence-corrected chi connectivity index (χ3v) is 7.41. The Labute approximate surface area is 209 Å². The molecule has 2 amide bonds. The number of amides is 2. The molecule has 0 atom stereocenters. The number of anilines is 2. The Bertz CT molecular complexity index is 1250. The average molecular weight is 515 g/mol. The van der Waals surface area contributed by atoms with Crippen LogP contribution in [0.5, 0.6) is 11.5 Å². The van der Waals surface area contributed by atoms with Crippen molar-refractivity contribution in [3.63, 3.8) is 0 Å². The average Bonchev–Trinajstić information content (AvgIpc) is 3.62. The number of ether oxygens (including phenoxy) is 2. The fraction of sp³-hybridized carbons (Fsp3) is 0.318. The number of carbonyl (C=O) groups is 2. The molecular weight excluding hydrogens is 492 g/mol. The standard InChI is InChI=1S/C22H22N6O5S2/c1-14-10-18(26-33-14)23-19(29)12-34-22-25-24-21(35-22)28-8-6-27(7-9-28)20(30)5-3-15-2-4-16-17(11-15)32-13-31-16/h2-5,10-11H,6-9,12-13H2,1H3,(H,23,26,29)/b5-3+. The predicted octanol–water partition coefficient (Wildman–Crippen LogP) is 2.66. The lowest BCUT2D eigenvalue weighted by Crippen LogP contribution is -2.48. The van der Waals surface area contributed by atoms with Gasteiger partial charge in [-0.2, -0.15) is 0 Å². The maximum Gasteiger partial charge on any atom is 0.246 e. The summed E-state index contributed by atoms with van der Waals surface area (Å²) in [7, 11) is 0. The Hall–Kier alpha value is -3.58. The SMILES string of the molecule is Cc1cc(NC(=O)CSc2nnc(N3CCN(C(=O)/C=C/c4ccc5c(c4)OCO5)CC3)s2)no1. The summed E-state index contributed by atoms with van der Waals surface area (Å²) < 4.78 is 16.3. The van der Waals surface area contributed by atoms with E-state index in [1.165, 1.54) is 23.1 Å². The van der Waals surface area contributed by atoms with E-state index in [0.29, 0.717) is 53.6 Å². The van der Waals surface area contributed by atoms with Crippen LogP contribution in [-0.4, -0.2) is 70.8 Å². The number of nitrogens with one attached hydrogen (secondary N) is 1. The zero-order valence-electron chi connectivity index (χ0n) is 18.8. The minimum Gasteiger partial charge on any atom is -0.454 e. The summed E-state index contributed by atoms with van der Waals surface area (Å²) in [6.07, 6.45) is 3.36. The monoisotopic (exact) mass is 514 g/mol. The Morgan fingerprint density at radius 3 is 2.77 bits per heavy atom. The molecule has 1 aromatic carbocycles. The first-order valence-corrected chi connectivity index (χ1v) is 12.6. The molecule has 3 aromatic rings. The quantitative estimate of drug-likeness (QED) is 0.372. The van der Waals surface area contributed by atoms with E-state index >= 15 is 0 Å². The highest BCUT2D eigenvalue weighted by Gasteiger charge is 2.23. The molecule has 1 saturated heterocycles. The van der Waals surface area contributed by atoms with Gasteiger partial charge in [0.1, 0.15) is 5.76 Å². The van der Waals surface area contributed by atoms with Gasteiger partial charge < -0.3 is 29.1 Å². The number of benzene rings is 1. The second-order valence-electron chi connectivity index (χ2n) is 7.77. The van der Waals surface area contributed by atoms with E-state index in [-0.39, 0.29) is 24.4 Å². The summed E-state index contributed by atoms with van der Waals surface area (Å²) in [4.78, 5) is 28.6. The number of thioether (sulfide) groups is 1. The molecule has 1 N–H and O–H groups in total. The van der Waals surface area contributed by atoms with Gasteiger partial charge in [-0.25, -0.2) is 0 Å². The zero-order valence-corrected chi connectivity index (χ0v) is 20.4. The number of piperazine rings is 1. The van der Waals surface area contributed by atoms with Crippen LogP contribution in [0, 0.1) is 6.92 Å². The van der Waals surface area contributed by atoms with Gasteiger partial charge in [0.2, 0.25) is 23.7 Å². The Balaban J connectivity index is 1.08. The van der Waals surface area contributed by atoms with Crippen molar-refractivity contribution < 1.29 is 23.6 Å². The number of aryl methyl sites for hydroxylation is 1. The maximum absolute atomic E-state index is 12.6. The molecule has 0 saturated carbocycles. The van der Waals surface area contributed by atoms with Crippen molar-refractivity contribution in [2.75, 3.05) is 48.9 Å². The topological polar surface area (TPSA) is 123 Å². The second kappa shape index (κ2) is 10.4. The molecule has 1 fully saturated rings. The summed E-state index contributed by atoms with van der Waals surface area (Å²) in [5.74, 6) is 2.39. The van der Waals surface area contributed by atoms with E-state index in [2.05, 4.69) is 25.6 Å². The van der Waals surface area contributed by atoms with Crippen LogP contribution in [0.25, 0.3) is 6.08 Å². The largest absolute Gasteiger partial charge is 0.454 e. The number of hydrogen-bond acceptors (Lipinski definition) is 11. The van der Waals surface area contributed by atoms with E-state index < -0.39 is 0 Å². The molecule has 35 heavy (non-hydrogen) atoms. The predicted molar refractivity (Wildman–Crippen MR) is 131 cm³/mol. The lowest BCUT2D eigenvalue weighted by atomic mass is 10.2. The van der Waals surface area contributed by atoms with Gasteiger partial charge in [-0.15, -0.1) is 10.2 Å². The highest BCUT2D eigenvalue weighted by Crippen LogP contribution is 2.33. The first kappa shape index (κ1) is 23.2. The fourth-order valence-electron chi connectivity index (χ4n) is 3.53. The van der Waals surface area contributed by atoms with Crippen molar-refractivity contribution in [2.24, 2.45) is 0 Å². The molecule has 2 aliphatic rings. The Morgan fingerprint density at radius 1 is 1.14 bits per heavy atom. The summed E-state index contributed by atoms with van der Waals surface area (Å²) in [5, 5.41) is 15.6. The molecule has 0 unspecified atom stereocenters. The Kier molecular flexibility index (Phi) is 6.86. The molecule has 182 valence electrons. The van der Waals surface area contributed by atoms with Crippen LogP contribution in [0.3, 0.4) is 0 Å². The molecule has 5 rings (SSSR count). The molecular formula is C22H22N6O5S2. The molecule has 4 heterocycles. The van der Waals surface area contributed by atoms with Crippen molar-refractivity contribution in [3.05, 3.63) is 41.7 Å². The molecule has 0 radical (unpaired) electrons. The minimum absolute atomic E-state index is 0.0378. The van der Waals surface area contributed by atoms with Gasteiger partial charge in [-0.1, -0.05) is 34.3 Å². The van der Waals surface area contributed by atoms with Crippen molar-refractivity contribution in [3.8, 4) is 11.5 Å². The minimum atomic E-state index is -0.194. The number of carbonyl (C=O) groups excluding carboxylic acids is 2. The molecule has 0 spiro atoms. The molecule has 0 bridgehead atoms. The number of nitrogens with zero attached hydrogens (tertiary/aromatic N) is 5. The van der Waals surface area contributed by atoms with E-state index in [9.17, 15) is 9.59 Å². The van der Waals surface area contributed by atoms with E-state index in [1.54, 1.807) is 25.1 Å². The second-order valence-corrected chi connectivity index (χ2v) is 9.95. The highest BCUT2D eigenvalue weighted by molar-refractivity contribution is 8.01. The van der Waals surface area contributed by atoms with E-state index in [0.717, 1.165) is 10.7 Å². The highest BCUT2D eigenvalue weighted by atomic mass is 32.2. The molecule has 11 nitrogen and oxygen atoms in total. The first-order valence-electron chi connectivity index (χ1n) is 10.8. The third-order valence-electron chi connectivity index (χ3n) is 5.29. The summed E-state index contributed by atoms with van der Waals surface area (Å²) in [6, 6.07) is 7.24. The lowest BCUT2D eigenvalue weighted by molar-refractivity contribution is -0.126. The van der Waals surface area contributed by atoms with Gasteiger partial charge in [-0.05, 0) is 30.7 Å². The molecule has 0 aliphatic carbocycles. The fourth-order valence-corrected chi connectivity index (χ4v) is 5.22. The Morgan fingerprint density at radius 2 is 1.97 bits per heavy atom. The van der Waals surface area contributed by atoms with Gasteiger partial charge in [0.25, 0.3) is 0 Å². The van der Waals surface area contributed by atoms with E-state index in [4.69, 9.17) is 14.0 Å².